The lowest BCUT2D eigenvalue weighted by atomic mass is 10.0. The summed E-state index contributed by atoms with van der Waals surface area (Å²) in [5.41, 5.74) is -1.90. The molecule has 2 rings (SSSR count). The van der Waals surface area contributed by atoms with E-state index in [1.54, 1.807) is 4.90 Å². The molecule has 1 aliphatic rings. The highest BCUT2D eigenvalue weighted by Crippen LogP contribution is 2.34. The third-order valence-corrected chi connectivity index (χ3v) is 4.49. The van der Waals surface area contributed by atoms with Crippen LogP contribution in [0, 0.1) is 10.1 Å². The Labute approximate surface area is 159 Å². The van der Waals surface area contributed by atoms with Gasteiger partial charge in [-0.3, -0.25) is 19.7 Å². The highest BCUT2D eigenvalue weighted by atomic mass is 19.4. The topological polar surface area (TPSA) is 105 Å². The summed E-state index contributed by atoms with van der Waals surface area (Å²) in [6, 6.07) is 2.14. The average molecular weight is 402 g/mol. The van der Waals surface area contributed by atoms with Gasteiger partial charge in [0.05, 0.1) is 10.5 Å². The quantitative estimate of drug-likeness (QED) is 0.562. The van der Waals surface area contributed by atoms with E-state index in [0.717, 1.165) is 12.1 Å². The number of hydrogen-bond acceptors (Lipinski definition) is 5. The number of carbonyl (C=O) groups excluding carboxylic acids is 2. The Kier molecular flexibility index (Phi) is 6.81. The van der Waals surface area contributed by atoms with Crippen molar-refractivity contribution in [1.82, 2.24) is 10.2 Å². The maximum atomic E-state index is 12.7. The van der Waals surface area contributed by atoms with Gasteiger partial charge in [-0.05, 0) is 25.0 Å². The number of nitro benzene ring substituents is 1. The molecule has 0 radical (unpaired) electrons. The number of nitro groups is 1. The first-order chi connectivity index (χ1) is 13.1. The van der Waals surface area contributed by atoms with E-state index in [1.165, 1.54) is 6.92 Å². The molecule has 28 heavy (non-hydrogen) atoms. The van der Waals surface area contributed by atoms with Crippen LogP contribution in [0.2, 0.25) is 0 Å². The standard InChI is InChI=1S/C17H21F3N4O4/c1-11(25)23-8-5-13(6-9-23)22-16(26)4-7-21-14-3-2-12(17(18,19)20)10-15(14)24(27)28/h2-3,10,13,21H,4-9H2,1H3,(H,22,26). The maximum absolute atomic E-state index is 12.7. The van der Waals surface area contributed by atoms with Crippen molar-refractivity contribution in [3.63, 3.8) is 0 Å². The van der Waals surface area contributed by atoms with Crippen LogP contribution in [0.1, 0.15) is 31.7 Å². The molecule has 0 aliphatic carbocycles. The summed E-state index contributed by atoms with van der Waals surface area (Å²) in [5, 5.41) is 16.5. The van der Waals surface area contributed by atoms with Crippen molar-refractivity contribution >= 4 is 23.2 Å². The fraction of sp³-hybridized carbons (Fsp3) is 0.529. The molecule has 0 atom stereocenters. The summed E-state index contributed by atoms with van der Waals surface area (Å²) in [6.07, 6.45) is -3.39. The molecular formula is C17H21F3N4O4. The van der Waals surface area contributed by atoms with Crippen LogP contribution in [0.25, 0.3) is 0 Å². The Hall–Kier alpha value is -2.85. The van der Waals surface area contributed by atoms with Crippen molar-refractivity contribution < 1.29 is 27.7 Å². The third kappa shape index (κ3) is 5.83. The molecule has 2 amide bonds. The number of amides is 2. The van der Waals surface area contributed by atoms with Gasteiger partial charge in [0, 0.05) is 45.1 Å². The van der Waals surface area contributed by atoms with Crippen LogP contribution in [-0.2, 0) is 15.8 Å². The minimum Gasteiger partial charge on any atom is -0.379 e. The SMILES string of the molecule is CC(=O)N1CCC(NC(=O)CCNc2ccc(C(F)(F)F)cc2[N+](=O)[O-])CC1. The Morgan fingerprint density at radius 2 is 1.93 bits per heavy atom. The van der Waals surface area contributed by atoms with Gasteiger partial charge < -0.3 is 15.5 Å². The first-order valence-electron chi connectivity index (χ1n) is 8.72. The van der Waals surface area contributed by atoms with Crippen molar-refractivity contribution in [2.24, 2.45) is 0 Å². The smallest absolute Gasteiger partial charge is 0.379 e. The van der Waals surface area contributed by atoms with Gasteiger partial charge in [0.1, 0.15) is 5.69 Å². The van der Waals surface area contributed by atoms with Crippen LogP contribution in [0.3, 0.4) is 0 Å². The molecule has 1 heterocycles. The maximum Gasteiger partial charge on any atom is 0.416 e. The van der Waals surface area contributed by atoms with Gasteiger partial charge in [0.2, 0.25) is 11.8 Å². The van der Waals surface area contributed by atoms with Gasteiger partial charge in [0.25, 0.3) is 5.69 Å². The lowest BCUT2D eigenvalue weighted by molar-refractivity contribution is -0.384. The van der Waals surface area contributed by atoms with Crippen molar-refractivity contribution in [1.29, 1.82) is 0 Å². The summed E-state index contributed by atoms with van der Waals surface area (Å²) in [6.45, 7) is 2.65. The van der Waals surface area contributed by atoms with E-state index >= 15 is 0 Å². The summed E-state index contributed by atoms with van der Waals surface area (Å²) in [7, 11) is 0. The second-order valence-corrected chi connectivity index (χ2v) is 6.51. The summed E-state index contributed by atoms with van der Waals surface area (Å²) in [4.78, 5) is 35.1. The molecule has 1 aliphatic heterocycles. The van der Waals surface area contributed by atoms with Crippen LogP contribution in [0.4, 0.5) is 24.5 Å². The van der Waals surface area contributed by atoms with Crippen LogP contribution >= 0.6 is 0 Å². The molecule has 0 bridgehead atoms. The van der Waals surface area contributed by atoms with Crippen LogP contribution in [0.5, 0.6) is 0 Å². The zero-order chi connectivity index (χ0) is 20.9. The zero-order valence-corrected chi connectivity index (χ0v) is 15.2. The molecular weight excluding hydrogens is 381 g/mol. The first kappa shape index (κ1) is 21.5. The molecule has 11 heteroatoms. The predicted octanol–water partition coefficient (Wildman–Crippen LogP) is 2.54. The zero-order valence-electron chi connectivity index (χ0n) is 15.2. The van der Waals surface area contributed by atoms with Crippen molar-refractivity contribution in [3.05, 3.63) is 33.9 Å². The minimum absolute atomic E-state index is 0.00506. The number of nitrogens with one attached hydrogen (secondary N) is 2. The number of likely N-dealkylation sites (tertiary alicyclic amines) is 1. The molecule has 1 aromatic rings. The Balaban J connectivity index is 1.85. The number of anilines is 1. The third-order valence-electron chi connectivity index (χ3n) is 4.49. The Bertz CT molecular complexity index is 746. The second-order valence-electron chi connectivity index (χ2n) is 6.51. The van der Waals surface area contributed by atoms with Gasteiger partial charge >= 0.3 is 6.18 Å². The molecule has 0 spiro atoms. The number of benzene rings is 1. The summed E-state index contributed by atoms with van der Waals surface area (Å²) >= 11 is 0. The highest BCUT2D eigenvalue weighted by molar-refractivity contribution is 5.77. The van der Waals surface area contributed by atoms with Gasteiger partial charge in [-0.2, -0.15) is 13.2 Å². The normalized spacial score (nSPS) is 15.2. The molecule has 1 saturated heterocycles. The molecule has 0 saturated carbocycles. The van der Waals surface area contributed by atoms with Crippen molar-refractivity contribution in [3.8, 4) is 0 Å². The molecule has 1 aromatic carbocycles. The van der Waals surface area contributed by atoms with E-state index in [-0.39, 0.29) is 36.5 Å². The predicted molar refractivity (Wildman–Crippen MR) is 94.6 cm³/mol. The van der Waals surface area contributed by atoms with E-state index in [1.807, 2.05) is 0 Å². The lowest BCUT2D eigenvalue weighted by Crippen LogP contribution is -2.46. The number of hydrogen-bond donors (Lipinski definition) is 2. The van der Waals surface area contributed by atoms with E-state index < -0.39 is 22.4 Å². The molecule has 0 aromatic heterocycles. The number of carbonyl (C=O) groups is 2. The lowest BCUT2D eigenvalue weighted by Gasteiger charge is -2.31. The fourth-order valence-electron chi connectivity index (χ4n) is 2.96. The van der Waals surface area contributed by atoms with E-state index in [4.69, 9.17) is 0 Å². The van der Waals surface area contributed by atoms with Gasteiger partial charge in [-0.25, -0.2) is 0 Å². The highest BCUT2D eigenvalue weighted by Gasteiger charge is 2.33. The molecule has 2 N–H and O–H groups in total. The Morgan fingerprint density at radius 3 is 2.46 bits per heavy atom. The number of halogens is 3. The van der Waals surface area contributed by atoms with E-state index in [2.05, 4.69) is 10.6 Å². The van der Waals surface area contributed by atoms with Gasteiger partial charge in [-0.15, -0.1) is 0 Å². The molecule has 154 valence electrons. The van der Waals surface area contributed by atoms with E-state index in [0.29, 0.717) is 32.0 Å². The molecule has 0 unspecified atom stereocenters. The molecule has 1 fully saturated rings. The second kappa shape index (κ2) is 8.89. The minimum atomic E-state index is -4.68. The largest absolute Gasteiger partial charge is 0.416 e. The van der Waals surface area contributed by atoms with Crippen LogP contribution in [-0.4, -0.2) is 47.3 Å². The number of rotatable bonds is 6. The van der Waals surface area contributed by atoms with Gasteiger partial charge in [0.15, 0.2) is 0 Å². The first-order valence-corrected chi connectivity index (χ1v) is 8.72. The fourth-order valence-corrected chi connectivity index (χ4v) is 2.96. The van der Waals surface area contributed by atoms with Crippen LogP contribution < -0.4 is 10.6 Å². The molecule has 8 nitrogen and oxygen atoms in total. The summed E-state index contributed by atoms with van der Waals surface area (Å²) in [5.74, 6) is -0.282. The van der Waals surface area contributed by atoms with Gasteiger partial charge in [-0.1, -0.05) is 0 Å². The van der Waals surface area contributed by atoms with E-state index in [9.17, 15) is 32.9 Å². The summed E-state index contributed by atoms with van der Waals surface area (Å²) < 4.78 is 38.1. The number of nitrogens with zero attached hydrogens (tertiary/aromatic N) is 2. The Morgan fingerprint density at radius 1 is 1.29 bits per heavy atom. The average Bonchev–Trinajstić information content (AvgIpc) is 2.61. The van der Waals surface area contributed by atoms with Crippen molar-refractivity contribution in [2.45, 2.75) is 38.4 Å². The monoisotopic (exact) mass is 402 g/mol. The van der Waals surface area contributed by atoms with Crippen LogP contribution in [0.15, 0.2) is 18.2 Å². The van der Waals surface area contributed by atoms with Crippen molar-refractivity contribution in [2.75, 3.05) is 25.0 Å². The number of piperidine rings is 1. The number of alkyl halides is 3.